The van der Waals surface area contributed by atoms with E-state index in [1.54, 1.807) is 0 Å². The molecule has 1 atom stereocenters. The predicted octanol–water partition coefficient (Wildman–Crippen LogP) is 4.66. The van der Waals surface area contributed by atoms with Gasteiger partial charge in [0.1, 0.15) is 5.03 Å². The summed E-state index contributed by atoms with van der Waals surface area (Å²) in [5.74, 6) is 0. The minimum absolute atomic E-state index is 0.00763. The van der Waals surface area contributed by atoms with Crippen molar-refractivity contribution >= 4 is 11.8 Å². The van der Waals surface area contributed by atoms with Crippen molar-refractivity contribution in [1.82, 2.24) is 4.98 Å². The first-order valence-corrected chi connectivity index (χ1v) is 7.28. The SMILES string of the molecule is CC[C@H](N)c1ccc(Sc2ccc(C(F)(F)F)cn2)cc1. The number of alkyl halides is 3. The quantitative estimate of drug-likeness (QED) is 0.892. The van der Waals surface area contributed by atoms with E-state index in [-0.39, 0.29) is 6.04 Å². The third-order valence-corrected chi connectivity index (χ3v) is 3.99. The molecule has 0 radical (unpaired) electrons. The third kappa shape index (κ3) is 4.22. The molecule has 0 saturated heterocycles. The summed E-state index contributed by atoms with van der Waals surface area (Å²) in [6.45, 7) is 2.01. The van der Waals surface area contributed by atoms with Gasteiger partial charge in [0.05, 0.1) is 5.56 Å². The summed E-state index contributed by atoms with van der Waals surface area (Å²) in [5, 5.41) is 0.524. The highest BCUT2D eigenvalue weighted by Gasteiger charge is 2.30. The summed E-state index contributed by atoms with van der Waals surface area (Å²) in [6.07, 6.45) is -2.65. The summed E-state index contributed by atoms with van der Waals surface area (Å²) in [7, 11) is 0. The van der Waals surface area contributed by atoms with E-state index >= 15 is 0 Å². The van der Waals surface area contributed by atoms with E-state index < -0.39 is 11.7 Å². The van der Waals surface area contributed by atoms with Crippen LogP contribution < -0.4 is 5.73 Å². The molecule has 1 aromatic carbocycles. The third-order valence-electron chi connectivity index (χ3n) is 3.03. The van der Waals surface area contributed by atoms with E-state index in [1.165, 1.54) is 17.8 Å². The van der Waals surface area contributed by atoms with Gasteiger partial charge in [-0.3, -0.25) is 0 Å². The highest BCUT2D eigenvalue weighted by atomic mass is 32.2. The van der Waals surface area contributed by atoms with Gasteiger partial charge in [-0.2, -0.15) is 13.2 Å². The van der Waals surface area contributed by atoms with Crippen molar-refractivity contribution < 1.29 is 13.2 Å². The molecule has 2 N–H and O–H groups in total. The standard InChI is InChI=1S/C15H15F3N2S/c1-2-13(19)10-3-6-12(7-4-10)21-14-8-5-11(9-20-14)15(16,17)18/h3-9,13H,2,19H2,1H3/t13-/m0/s1. The molecule has 1 heterocycles. The zero-order chi connectivity index (χ0) is 15.5. The van der Waals surface area contributed by atoms with Crippen LogP contribution in [0.2, 0.25) is 0 Å². The number of halogens is 3. The lowest BCUT2D eigenvalue weighted by Gasteiger charge is -2.10. The fourth-order valence-electron chi connectivity index (χ4n) is 1.75. The van der Waals surface area contributed by atoms with Gasteiger partial charge in [-0.15, -0.1) is 0 Å². The van der Waals surface area contributed by atoms with E-state index in [9.17, 15) is 13.2 Å². The van der Waals surface area contributed by atoms with Crippen molar-refractivity contribution in [2.75, 3.05) is 0 Å². The lowest BCUT2D eigenvalue weighted by molar-refractivity contribution is -0.137. The van der Waals surface area contributed by atoms with Gasteiger partial charge in [0, 0.05) is 17.1 Å². The van der Waals surface area contributed by atoms with E-state index in [1.807, 2.05) is 31.2 Å². The lowest BCUT2D eigenvalue weighted by Crippen LogP contribution is -2.08. The maximum atomic E-state index is 12.4. The highest BCUT2D eigenvalue weighted by molar-refractivity contribution is 7.99. The van der Waals surface area contributed by atoms with E-state index in [4.69, 9.17) is 5.73 Å². The van der Waals surface area contributed by atoms with Crippen molar-refractivity contribution in [2.45, 2.75) is 35.5 Å². The van der Waals surface area contributed by atoms with E-state index in [0.717, 1.165) is 29.1 Å². The fraction of sp³-hybridized carbons (Fsp3) is 0.267. The fourth-order valence-corrected chi connectivity index (χ4v) is 2.50. The van der Waals surface area contributed by atoms with Gasteiger partial charge in [0.25, 0.3) is 0 Å². The molecule has 0 aliphatic carbocycles. The van der Waals surface area contributed by atoms with Gasteiger partial charge in [0.15, 0.2) is 0 Å². The van der Waals surface area contributed by atoms with Crippen LogP contribution in [0.25, 0.3) is 0 Å². The van der Waals surface area contributed by atoms with Crippen LogP contribution in [0.15, 0.2) is 52.5 Å². The Morgan fingerprint density at radius 3 is 2.29 bits per heavy atom. The predicted molar refractivity (Wildman–Crippen MR) is 77.0 cm³/mol. The first-order chi connectivity index (χ1) is 9.90. The number of aromatic nitrogens is 1. The molecule has 6 heteroatoms. The first kappa shape index (κ1) is 15.9. The number of hydrogen-bond acceptors (Lipinski definition) is 3. The second-order valence-electron chi connectivity index (χ2n) is 4.57. The van der Waals surface area contributed by atoms with Crippen LogP contribution in [-0.4, -0.2) is 4.98 Å². The summed E-state index contributed by atoms with van der Waals surface area (Å²) in [5.41, 5.74) is 6.23. The largest absolute Gasteiger partial charge is 0.417 e. The Kier molecular flexibility index (Phi) is 4.90. The molecule has 0 bridgehead atoms. The van der Waals surface area contributed by atoms with Crippen LogP contribution in [-0.2, 0) is 6.18 Å². The number of nitrogens with two attached hydrogens (primary N) is 1. The van der Waals surface area contributed by atoms with Crippen LogP contribution >= 0.6 is 11.8 Å². The first-order valence-electron chi connectivity index (χ1n) is 6.47. The molecule has 0 aliphatic rings. The Labute approximate surface area is 125 Å². The van der Waals surface area contributed by atoms with Gasteiger partial charge in [0.2, 0.25) is 0 Å². The van der Waals surface area contributed by atoms with Crippen LogP contribution in [0.4, 0.5) is 13.2 Å². The Balaban J connectivity index is 2.08. The normalized spacial score (nSPS) is 13.2. The zero-order valence-electron chi connectivity index (χ0n) is 11.4. The minimum atomic E-state index is -4.35. The van der Waals surface area contributed by atoms with Crippen molar-refractivity contribution in [3.63, 3.8) is 0 Å². The van der Waals surface area contributed by atoms with Gasteiger partial charge in [-0.1, -0.05) is 30.8 Å². The lowest BCUT2D eigenvalue weighted by atomic mass is 10.1. The second-order valence-corrected chi connectivity index (χ2v) is 5.66. The van der Waals surface area contributed by atoms with Crippen LogP contribution in [0.3, 0.4) is 0 Å². The highest BCUT2D eigenvalue weighted by Crippen LogP contribution is 2.31. The molecule has 0 unspecified atom stereocenters. The molecule has 2 rings (SSSR count). The maximum absolute atomic E-state index is 12.4. The topological polar surface area (TPSA) is 38.9 Å². The summed E-state index contributed by atoms with van der Waals surface area (Å²) in [4.78, 5) is 4.74. The van der Waals surface area contributed by atoms with E-state index in [2.05, 4.69) is 4.98 Å². The zero-order valence-corrected chi connectivity index (χ0v) is 12.2. The van der Waals surface area contributed by atoms with Crippen molar-refractivity contribution in [3.8, 4) is 0 Å². The molecular weight excluding hydrogens is 297 g/mol. The minimum Gasteiger partial charge on any atom is -0.324 e. The molecule has 21 heavy (non-hydrogen) atoms. The smallest absolute Gasteiger partial charge is 0.324 e. The van der Waals surface area contributed by atoms with Crippen molar-refractivity contribution in [3.05, 3.63) is 53.7 Å². The molecule has 2 aromatic rings. The van der Waals surface area contributed by atoms with Gasteiger partial charge < -0.3 is 5.73 Å². The maximum Gasteiger partial charge on any atom is 0.417 e. The molecule has 0 aliphatic heterocycles. The molecule has 2 nitrogen and oxygen atoms in total. The van der Waals surface area contributed by atoms with Crippen LogP contribution in [0.1, 0.15) is 30.5 Å². The second kappa shape index (κ2) is 6.49. The Morgan fingerprint density at radius 1 is 1.14 bits per heavy atom. The average molecular weight is 312 g/mol. The summed E-state index contributed by atoms with van der Waals surface area (Å²) >= 11 is 1.32. The molecule has 0 spiro atoms. The van der Waals surface area contributed by atoms with Gasteiger partial charge in [-0.05, 0) is 36.2 Å². The Bertz CT molecular complexity index is 579. The van der Waals surface area contributed by atoms with Crippen LogP contribution in [0.5, 0.6) is 0 Å². The van der Waals surface area contributed by atoms with Gasteiger partial charge in [-0.25, -0.2) is 4.98 Å². The van der Waals surface area contributed by atoms with Crippen LogP contribution in [0, 0.1) is 0 Å². The van der Waals surface area contributed by atoms with Crippen molar-refractivity contribution in [2.24, 2.45) is 5.73 Å². The molecule has 0 saturated carbocycles. The molecule has 1 aromatic heterocycles. The van der Waals surface area contributed by atoms with Gasteiger partial charge >= 0.3 is 6.18 Å². The molecule has 0 fully saturated rings. The monoisotopic (exact) mass is 312 g/mol. The molecular formula is C15H15F3N2S. The average Bonchev–Trinajstić information content (AvgIpc) is 2.47. The van der Waals surface area contributed by atoms with E-state index in [0.29, 0.717) is 5.03 Å². The Hall–Kier alpha value is -1.53. The number of rotatable bonds is 4. The summed E-state index contributed by atoms with van der Waals surface area (Å²) in [6, 6.07) is 10.1. The number of hydrogen-bond donors (Lipinski definition) is 1. The molecule has 0 amide bonds. The number of pyridine rings is 1. The number of benzene rings is 1. The molecule has 112 valence electrons. The number of nitrogens with zero attached hydrogens (tertiary/aromatic N) is 1. The Morgan fingerprint density at radius 2 is 1.81 bits per heavy atom. The van der Waals surface area contributed by atoms with Crippen molar-refractivity contribution in [1.29, 1.82) is 0 Å². The summed E-state index contributed by atoms with van der Waals surface area (Å²) < 4.78 is 37.3.